The maximum absolute atomic E-state index is 12.5. The van der Waals surface area contributed by atoms with Crippen LogP contribution in [-0.4, -0.2) is 12.9 Å². The summed E-state index contributed by atoms with van der Waals surface area (Å²) >= 11 is 0. The minimum Gasteiger partial charge on any atom is -0.496 e. The summed E-state index contributed by atoms with van der Waals surface area (Å²) in [7, 11) is 1.63. The molecule has 2 aromatic carbocycles. The predicted octanol–water partition coefficient (Wildman–Crippen LogP) is 4.02. The lowest BCUT2D eigenvalue weighted by atomic mass is 9.93. The summed E-state index contributed by atoms with van der Waals surface area (Å²) in [5, 5.41) is 0. The van der Waals surface area contributed by atoms with Crippen molar-refractivity contribution in [3.63, 3.8) is 0 Å². The molecule has 2 aromatic rings. The second-order valence-electron chi connectivity index (χ2n) is 5.43. The Kier molecular flexibility index (Phi) is 3.42. The fourth-order valence-corrected chi connectivity index (χ4v) is 2.89. The summed E-state index contributed by atoms with van der Waals surface area (Å²) in [6.45, 7) is 3.97. The molecule has 0 radical (unpaired) electrons. The van der Waals surface area contributed by atoms with Gasteiger partial charge in [-0.05, 0) is 37.1 Å². The van der Waals surface area contributed by atoms with Gasteiger partial charge in [0, 0.05) is 5.56 Å². The van der Waals surface area contributed by atoms with E-state index in [2.05, 4.69) is 0 Å². The first-order valence-corrected chi connectivity index (χ1v) is 7.04. The molecule has 0 N–H and O–H groups in total. The molecule has 1 aliphatic heterocycles. The summed E-state index contributed by atoms with van der Waals surface area (Å²) < 4.78 is 11.5. The van der Waals surface area contributed by atoms with Gasteiger partial charge in [0.2, 0.25) is 0 Å². The van der Waals surface area contributed by atoms with Crippen molar-refractivity contribution in [2.75, 3.05) is 7.11 Å². The van der Waals surface area contributed by atoms with Crippen molar-refractivity contribution in [1.82, 2.24) is 0 Å². The number of fused-ring (bicyclic) bond motifs is 1. The van der Waals surface area contributed by atoms with Gasteiger partial charge in [0.15, 0.2) is 5.78 Å². The molecular formula is C18H18O3. The average molecular weight is 282 g/mol. The lowest BCUT2D eigenvalue weighted by Gasteiger charge is -2.28. The number of carbonyl (C=O) groups is 1. The quantitative estimate of drug-likeness (QED) is 0.834. The average Bonchev–Trinajstić information content (AvgIpc) is 2.48. The maximum atomic E-state index is 12.5. The van der Waals surface area contributed by atoms with E-state index >= 15 is 0 Å². The molecule has 0 aromatic heterocycles. The lowest BCUT2D eigenvalue weighted by Crippen LogP contribution is -2.21. The molecule has 0 bridgehead atoms. The Labute approximate surface area is 124 Å². The van der Waals surface area contributed by atoms with Crippen LogP contribution in [0.2, 0.25) is 0 Å². The van der Waals surface area contributed by atoms with Crippen LogP contribution in [0.4, 0.5) is 0 Å². The van der Waals surface area contributed by atoms with Crippen LogP contribution >= 0.6 is 0 Å². The van der Waals surface area contributed by atoms with E-state index in [-0.39, 0.29) is 11.9 Å². The number of ketones is 1. The molecule has 1 unspecified atom stereocenters. The molecule has 0 saturated carbocycles. The Morgan fingerprint density at radius 3 is 2.71 bits per heavy atom. The van der Waals surface area contributed by atoms with Crippen molar-refractivity contribution < 1.29 is 14.3 Å². The summed E-state index contributed by atoms with van der Waals surface area (Å²) in [5.74, 6) is 1.58. The Bertz CT molecular complexity index is 704. The zero-order chi connectivity index (χ0) is 15.0. The number of benzene rings is 2. The first kappa shape index (κ1) is 13.7. The zero-order valence-electron chi connectivity index (χ0n) is 12.5. The SMILES string of the molecule is COc1ccccc1C1CC(=O)c2cc(C)cc(C)c2O1. The van der Waals surface area contributed by atoms with E-state index in [1.807, 2.05) is 50.2 Å². The van der Waals surface area contributed by atoms with Gasteiger partial charge in [0.25, 0.3) is 0 Å². The Morgan fingerprint density at radius 1 is 1.19 bits per heavy atom. The molecule has 0 amide bonds. The molecule has 3 nitrogen and oxygen atoms in total. The molecule has 0 fully saturated rings. The Balaban J connectivity index is 2.04. The third-order valence-electron chi connectivity index (χ3n) is 3.84. The maximum Gasteiger partial charge on any atom is 0.170 e. The fourth-order valence-electron chi connectivity index (χ4n) is 2.89. The summed E-state index contributed by atoms with van der Waals surface area (Å²) in [6, 6.07) is 11.6. The minimum absolute atomic E-state index is 0.124. The van der Waals surface area contributed by atoms with Gasteiger partial charge >= 0.3 is 0 Å². The van der Waals surface area contributed by atoms with E-state index < -0.39 is 0 Å². The van der Waals surface area contributed by atoms with Crippen molar-refractivity contribution >= 4 is 5.78 Å². The molecule has 3 rings (SSSR count). The fraction of sp³-hybridized carbons (Fsp3) is 0.278. The lowest BCUT2D eigenvalue weighted by molar-refractivity contribution is 0.0845. The Morgan fingerprint density at radius 2 is 1.95 bits per heavy atom. The highest BCUT2D eigenvalue weighted by atomic mass is 16.5. The third-order valence-corrected chi connectivity index (χ3v) is 3.84. The van der Waals surface area contributed by atoms with Crippen molar-refractivity contribution in [2.45, 2.75) is 26.4 Å². The van der Waals surface area contributed by atoms with Crippen molar-refractivity contribution in [3.05, 3.63) is 58.7 Å². The van der Waals surface area contributed by atoms with Crippen LogP contribution in [0.25, 0.3) is 0 Å². The number of hydrogen-bond acceptors (Lipinski definition) is 3. The van der Waals surface area contributed by atoms with Crippen LogP contribution in [0.5, 0.6) is 11.5 Å². The normalized spacial score (nSPS) is 17.1. The molecule has 1 aliphatic rings. The molecular weight excluding hydrogens is 264 g/mol. The van der Waals surface area contributed by atoms with E-state index in [0.29, 0.717) is 17.7 Å². The van der Waals surface area contributed by atoms with Crippen LogP contribution in [0.15, 0.2) is 36.4 Å². The van der Waals surface area contributed by atoms with E-state index in [0.717, 1.165) is 22.4 Å². The second-order valence-corrected chi connectivity index (χ2v) is 5.43. The van der Waals surface area contributed by atoms with Gasteiger partial charge in [0.1, 0.15) is 17.6 Å². The van der Waals surface area contributed by atoms with E-state index in [1.54, 1.807) is 7.11 Å². The molecule has 108 valence electrons. The van der Waals surface area contributed by atoms with Crippen LogP contribution in [0.1, 0.15) is 39.6 Å². The van der Waals surface area contributed by atoms with Crippen LogP contribution < -0.4 is 9.47 Å². The van der Waals surface area contributed by atoms with Gasteiger partial charge in [0.05, 0.1) is 19.1 Å². The highest BCUT2D eigenvalue weighted by Crippen LogP contribution is 2.40. The zero-order valence-corrected chi connectivity index (χ0v) is 12.5. The topological polar surface area (TPSA) is 35.5 Å². The number of carbonyl (C=O) groups excluding carboxylic acids is 1. The standard InChI is InChI=1S/C18H18O3/c1-11-8-12(2)18-14(9-11)15(19)10-17(21-18)13-6-4-5-7-16(13)20-3/h4-9,17H,10H2,1-3H3. The highest BCUT2D eigenvalue weighted by molar-refractivity contribution is 6.00. The third kappa shape index (κ3) is 2.40. The van der Waals surface area contributed by atoms with E-state index in [9.17, 15) is 4.79 Å². The Hall–Kier alpha value is -2.29. The number of ether oxygens (including phenoxy) is 2. The summed E-state index contributed by atoms with van der Waals surface area (Å²) in [5.41, 5.74) is 3.69. The highest BCUT2D eigenvalue weighted by Gasteiger charge is 2.30. The molecule has 0 saturated heterocycles. The van der Waals surface area contributed by atoms with Crippen LogP contribution in [-0.2, 0) is 0 Å². The van der Waals surface area contributed by atoms with Gasteiger partial charge in [-0.3, -0.25) is 4.79 Å². The van der Waals surface area contributed by atoms with Crippen molar-refractivity contribution in [1.29, 1.82) is 0 Å². The number of rotatable bonds is 2. The predicted molar refractivity (Wildman–Crippen MR) is 81.2 cm³/mol. The van der Waals surface area contributed by atoms with Crippen molar-refractivity contribution in [3.8, 4) is 11.5 Å². The second kappa shape index (κ2) is 5.24. The van der Waals surface area contributed by atoms with Crippen LogP contribution in [0.3, 0.4) is 0 Å². The number of Topliss-reactive ketones (excluding diaryl/α,β-unsaturated/α-hetero) is 1. The number of para-hydroxylation sites is 1. The van der Waals surface area contributed by atoms with Gasteiger partial charge in [-0.1, -0.05) is 24.3 Å². The molecule has 21 heavy (non-hydrogen) atoms. The molecule has 0 spiro atoms. The first-order valence-electron chi connectivity index (χ1n) is 7.04. The minimum atomic E-state index is -0.289. The largest absolute Gasteiger partial charge is 0.496 e. The van der Waals surface area contributed by atoms with Gasteiger partial charge in [-0.15, -0.1) is 0 Å². The smallest absolute Gasteiger partial charge is 0.170 e. The summed E-state index contributed by atoms with van der Waals surface area (Å²) in [6.07, 6.45) is 0.0542. The monoisotopic (exact) mass is 282 g/mol. The summed E-state index contributed by atoms with van der Waals surface area (Å²) in [4.78, 5) is 12.5. The molecule has 3 heteroatoms. The van der Waals surface area contributed by atoms with Gasteiger partial charge in [-0.25, -0.2) is 0 Å². The first-order chi connectivity index (χ1) is 10.1. The van der Waals surface area contributed by atoms with Gasteiger partial charge in [-0.2, -0.15) is 0 Å². The number of methoxy groups -OCH3 is 1. The molecule has 1 atom stereocenters. The number of aryl methyl sites for hydroxylation is 2. The van der Waals surface area contributed by atoms with E-state index in [4.69, 9.17) is 9.47 Å². The molecule has 0 aliphatic carbocycles. The van der Waals surface area contributed by atoms with Crippen LogP contribution in [0, 0.1) is 13.8 Å². The van der Waals surface area contributed by atoms with Crippen molar-refractivity contribution in [2.24, 2.45) is 0 Å². The van der Waals surface area contributed by atoms with Gasteiger partial charge < -0.3 is 9.47 Å². The van der Waals surface area contributed by atoms with E-state index in [1.165, 1.54) is 0 Å². The molecule has 1 heterocycles. The number of hydrogen-bond donors (Lipinski definition) is 0.